The van der Waals surface area contributed by atoms with Gasteiger partial charge in [-0.1, -0.05) is 15.9 Å². The minimum absolute atomic E-state index is 0.0286. The van der Waals surface area contributed by atoms with Crippen LogP contribution in [0.25, 0.3) is 0 Å². The van der Waals surface area contributed by atoms with Gasteiger partial charge in [-0.05, 0) is 18.2 Å². The highest BCUT2D eigenvalue weighted by Crippen LogP contribution is 2.30. The van der Waals surface area contributed by atoms with Crippen LogP contribution in [0, 0.1) is 0 Å². The number of ether oxygens (including phenoxy) is 1. The SMILES string of the molecule is O=C(CCBr)c1ccc(OC(F)(F)F)cc1C(F)F. The van der Waals surface area contributed by atoms with Crippen molar-refractivity contribution in [1.82, 2.24) is 0 Å². The smallest absolute Gasteiger partial charge is 0.406 e. The molecule has 0 bridgehead atoms. The average Bonchev–Trinajstić information content (AvgIpc) is 2.26. The molecule has 0 saturated heterocycles. The molecule has 19 heavy (non-hydrogen) atoms. The van der Waals surface area contributed by atoms with E-state index in [2.05, 4.69) is 20.7 Å². The lowest BCUT2D eigenvalue weighted by molar-refractivity contribution is -0.274. The van der Waals surface area contributed by atoms with E-state index in [9.17, 15) is 26.7 Å². The van der Waals surface area contributed by atoms with Gasteiger partial charge in [0.15, 0.2) is 5.78 Å². The Hall–Kier alpha value is -1.18. The highest BCUT2D eigenvalue weighted by Gasteiger charge is 2.32. The lowest BCUT2D eigenvalue weighted by Gasteiger charge is -2.12. The average molecular weight is 347 g/mol. The molecule has 0 N–H and O–H groups in total. The van der Waals surface area contributed by atoms with Crippen molar-refractivity contribution in [1.29, 1.82) is 0 Å². The van der Waals surface area contributed by atoms with Crippen LogP contribution in [0.15, 0.2) is 18.2 Å². The largest absolute Gasteiger partial charge is 0.573 e. The minimum Gasteiger partial charge on any atom is -0.406 e. The van der Waals surface area contributed by atoms with Crippen molar-refractivity contribution in [3.05, 3.63) is 29.3 Å². The van der Waals surface area contributed by atoms with Gasteiger partial charge in [-0.3, -0.25) is 4.79 Å². The maximum absolute atomic E-state index is 12.7. The summed E-state index contributed by atoms with van der Waals surface area (Å²) in [5.41, 5.74) is -1.07. The normalized spacial score (nSPS) is 11.7. The van der Waals surface area contributed by atoms with Crippen LogP contribution < -0.4 is 4.74 Å². The zero-order valence-electron chi connectivity index (χ0n) is 9.31. The summed E-state index contributed by atoms with van der Waals surface area (Å²) >= 11 is 2.98. The molecule has 1 aromatic carbocycles. The maximum atomic E-state index is 12.7. The van der Waals surface area contributed by atoms with Gasteiger partial charge in [-0.25, -0.2) is 8.78 Å². The van der Waals surface area contributed by atoms with Crippen LogP contribution in [-0.2, 0) is 0 Å². The molecule has 0 amide bonds. The second kappa shape index (κ2) is 6.31. The number of ketones is 1. The highest BCUT2D eigenvalue weighted by molar-refractivity contribution is 9.09. The third kappa shape index (κ3) is 4.77. The molecule has 0 radical (unpaired) electrons. The Morgan fingerprint density at radius 2 is 1.95 bits per heavy atom. The van der Waals surface area contributed by atoms with E-state index in [1.54, 1.807) is 0 Å². The zero-order chi connectivity index (χ0) is 14.6. The molecule has 0 unspecified atom stereocenters. The van der Waals surface area contributed by atoms with Crippen LogP contribution in [0.1, 0.15) is 28.8 Å². The van der Waals surface area contributed by atoms with Crippen LogP contribution in [0.5, 0.6) is 5.75 Å². The molecule has 0 aliphatic carbocycles. The highest BCUT2D eigenvalue weighted by atomic mass is 79.9. The zero-order valence-corrected chi connectivity index (χ0v) is 10.9. The second-order valence-corrected chi connectivity index (χ2v) is 4.25. The Balaban J connectivity index is 3.11. The van der Waals surface area contributed by atoms with Gasteiger partial charge < -0.3 is 4.74 Å². The molecule has 0 heterocycles. The number of Topliss-reactive ketones (excluding diaryl/α,β-unsaturated/α-hetero) is 1. The number of carbonyl (C=O) groups excluding carboxylic acids is 1. The van der Waals surface area contributed by atoms with Crippen molar-refractivity contribution >= 4 is 21.7 Å². The van der Waals surface area contributed by atoms with Gasteiger partial charge in [0.05, 0.1) is 0 Å². The summed E-state index contributed by atoms with van der Waals surface area (Å²) in [6.07, 6.45) is -8.06. The fraction of sp³-hybridized carbons (Fsp3) is 0.364. The number of alkyl halides is 6. The van der Waals surface area contributed by atoms with Gasteiger partial charge in [0.2, 0.25) is 0 Å². The van der Waals surface area contributed by atoms with E-state index < -0.39 is 29.9 Å². The summed E-state index contributed by atoms with van der Waals surface area (Å²) in [5, 5.41) is 0.273. The molecule has 0 atom stereocenters. The van der Waals surface area contributed by atoms with E-state index in [0.717, 1.165) is 12.1 Å². The van der Waals surface area contributed by atoms with Gasteiger partial charge in [-0.15, -0.1) is 13.2 Å². The Bertz CT molecular complexity index is 459. The van der Waals surface area contributed by atoms with Gasteiger partial charge in [0.1, 0.15) is 5.75 Å². The summed E-state index contributed by atoms with van der Waals surface area (Å²) in [7, 11) is 0. The number of halogens is 6. The van der Waals surface area contributed by atoms with Crippen LogP contribution in [0.4, 0.5) is 22.0 Å². The number of benzene rings is 1. The number of carbonyl (C=O) groups is 1. The lowest BCUT2D eigenvalue weighted by Crippen LogP contribution is -2.17. The van der Waals surface area contributed by atoms with Crippen molar-refractivity contribution in [3.8, 4) is 5.75 Å². The fourth-order valence-electron chi connectivity index (χ4n) is 1.39. The number of hydrogen-bond donors (Lipinski definition) is 0. The van der Waals surface area contributed by atoms with Gasteiger partial charge in [0, 0.05) is 22.9 Å². The molecule has 8 heteroatoms. The van der Waals surface area contributed by atoms with E-state index in [0.29, 0.717) is 6.07 Å². The fourth-order valence-corrected chi connectivity index (χ4v) is 1.75. The molecule has 0 saturated carbocycles. The van der Waals surface area contributed by atoms with Crippen LogP contribution >= 0.6 is 15.9 Å². The topological polar surface area (TPSA) is 26.3 Å². The molecule has 0 aliphatic heterocycles. The third-order valence-electron chi connectivity index (χ3n) is 2.11. The van der Waals surface area contributed by atoms with Crippen LogP contribution in [-0.4, -0.2) is 17.5 Å². The number of hydrogen-bond acceptors (Lipinski definition) is 2. The molecule has 1 rings (SSSR count). The van der Waals surface area contributed by atoms with Crippen molar-refractivity contribution in [3.63, 3.8) is 0 Å². The standard InChI is InChI=1S/C11H8BrF5O2/c12-4-3-9(18)7-2-1-6(19-11(15,16)17)5-8(7)10(13)14/h1-2,5,10H,3-4H2. The Labute approximate surface area is 113 Å². The molecule has 0 aromatic heterocycles. The Morgan fingerprint density at radius 1 is 1.32 bits per heavy atom. The molecular weight excluding hydrogens is 339 g/mol. The van der Waals surface area contributed by atoms with Gasteiger partial charge in [-0.2, -0.15) is 0 Å². The first-order valence-electron chi connectivity index (χ1n) is 5.01. The monoisotopic (exact) mass is 346 g/mol. The van der Waals surface area contributed by atoms with Gasteiger partial charge in [0.25, 0.3) is 6.43 Å². The van der Waals surface area contributed by atoms with E-state index in [1.807, 2.05) is 0 Å². The quantitative estimate of drug-likeness (QED) is 0.446. The summed E-state index contributed by atoms with van der Waals surface area (Å²) in [6.45, 7) is 0. The first kappa shape index (κ1) is 15.9. The van der Waals surface area contributed by atoms with Crippen molar-refractivity contribution < 1.29 is 31.5 Å². The van der Waals surface area contributed by atoms with E-state index >= 15 is 0 Å². The molecule has 106 valence electrons. The Morgan fingerprint density at radius 3 is 2.42 bits per heavy atom. The first-order valence-corrected chi connectivity index (χ1v) is 6.13. The van der Waals surface area contributed by atoms with Crippen molar-refractivity contribution in [2.24, 2.45) is 0 Å². The van der Waals surface area contributed by atoms with Crippen molar-refractivity contribution in [2.45, 2.75) is 19.2 Å². The summed E-state index contributed by atoms with van der Waals surface area (Å²) < 4.78 is 64.9. The van der Waals surface area contributed by atoms with Gasteiger partial charge >= 0.3 is 6.36 Å². The lowest BCUT2D eigenvalue weighted by atomic mass is 10.0. The van der Waals surface area contributed by atoms with Crippen molar-refractivity contribution in [2.75, 3.05) is 5.33 Å². The van der Waals surface area contributed by atoms with Crippen LogP contribution in [0.2, 0.25) is 0 Å². The molecule has 2 nitrogen and oxygen atoms in total. The molecular formula is C11H8BrF5O2. The number of rotatable bonds is 5. The summed E-state index contributed by atoms with van der Waals surface area (Å²) in [4.78, 5) is 11.5. The predicted molar refractivity (Wildman–Crippen MR) is 60.8 cm³/mol. The maximum Gasteiger partial charge on any atom is 0.573 e. The molecule has 1 aromatic rings. The molecule has 0 spiro atoms. The first-order chi connectivity index (χ1) is 8.74. The predicted octanol–water partition coefficient (Wildman–Crippen LogP) is 4.49. The molecule has 0 aliphatic rings. The second-order valence-electron chi connectivity index (χ2n) is 3.46. The molecule has 0 fully saturated rings. The van der Waals surface area contributed by atoms with Crippen LogP contribution in [0.3, 0.4) is 0 Å². The minimum atomic E-state index is -4.97. The third-order valence-corrected chi connectivity index (χ3v) is 2.51. The van der Waals surface area contributed by atoms with E-state index in [-0.39, 0.29) is 17.3 Å². The van der Waals surface area contributed by atoms with E-state index in [1.165, 1.54) is 0 Å². The Kier molecular flexibility index (Phi) is 5.28. The van der Waals surface area contributed by atoms with E-state index in [4.69, 9.17) is 0 Å². The summed E-state index contributed by atoms with van der Waals surface area (Å²) in [6, 6.07) is 2.27. The summed E-state index contributed by atoms with van der Waals surface area (Å²) in [5.74, 6) is -1.36.